The molecule has 3 saturated heterocycles. The van der Waals surface area contributed by atoms with E-state index in [-0.39, 0.29) is 48.7 Å². The number of unbranched alkanes of at least 4 members (excludes halogenated alkanes) is 2. The maximum Gasteiger partial charge on any atom is 0.313 e. The Balaban J connectivity index is 1.50. The van der Waals surface area contributed by atoms with Crippen molar-refractivity contribution in [1.82, 2.24) is 10.2 Å². The first-order valence-corrected chi connectivity index (χ1v) is 18.4. The number of aliphatic hydroxyl groups is 1. The van der Waals surface area contributed by atoms with Crippen LogP contribution in [0.5, 0.6) is 0 Å². The number of rotatable bonds is 17. The molecule has 1 spiro atoms. The van der Waals surface area contributed by atoms with Crippen LogP contribution in [-0.4, -0.2) is 82.0 Å². The molecule has 3 aliphatic rings. The van der Waals surface area contributed by atoms with Crippen molar-refractivity contribution in [3.63, 3.8) is 0 Å². The van der Waals surface area contributed by atoms with Gasteiger partial charge in [0.15, 0.2) is 0 Å². The van der Waals surface area contributed by atoms with E-state index < -0.39 is 47.7 Å². The van der Waals surface area contributed by atoms with Gasteiger partial charge in [0.1, 0.15) is 17.7 Å². The lowest BCUT2D eigenvalue weighted by atomic mass is 9.70. The zero-order chi connectivity index (χ0) is 36.0. The molecule has 0 aromatic heterocycles. The van der Waals surface area contributed by atoms with Crippen LogP contribution in [0, 0.1) is 11.8 Å². The number of hydrogen-bond acceptors (Lipinski definition) is 7. The molecule has 10 nitrogen and oxygen atoms in total. The lowest BCUT2D eigenvalue weighted by molar-refractivity contribution is -0.162. The van der Waals surface area contributed by atoms with Crippen LogP contribution in [0.1, 0.15) is 57.1 Å². The monoisotopic (exact) mass is 769 g/mol. The fourth-order valence-electron chi connectivity index (χ4n) is 7.68. The summed E-state index contributed by atoms with van der Waals surface area (Å²) in [7, 11) is 0. The first kappa shape index (κ1) is 37.7. The molecule has 0 saturated carbocycles. The number of ether oxygens (including phenoxy) is 2. The number of likely N-dealkylation sites (tertiary alicyclic amines) is 1. The molecule has 2 aromatic carbocycles. The van der Waals surface area contributed by atoms with E-state index in [1.807, 2.05) is 30.3 Å². The first-order chi connectivity index (χ1) is 24.1. The van der Waals surface area contributed by atoms with Gasteiger partial charge in [-0.05, 0) is 56.7 Å². The number of benzene rings is 2. The Kier molecular flexibility index (Phi) is 12.6. The quantitative estimate of drug-likeness (QED) is 0.0940. The minimum absolute atomic E-state index is 0.0160. The Morgan fingerprint density at radius 2 is 1.86 bits per heavy atom. The van der Waals surface area contributed by atoms with E-state index in [1.54, 1.807) is 48.2 Å². The minimum atomic E-state index is -1.32. The zero-order valence-corrected chi connectivity index (χ0v) is 30.6. The number of alkyl halides is 1. The second-order valence-electron chi connectivity index (χ2n) is 13.1. The fourth-order valence-corrected chi connectivity index (χ4v) is 8.86. The molecule has 3 heterocycles. The van der Waals surface area contributed by atoms with Gasteiger partial charge in [-0.1, -0.05) is 82.1 Å². The summed E-state index contributed by atoms with van der Waals surface area (Å²) in [6, 6.07) is 14.5. The third-order valence-electron chi connectivity index (χ3n) is 9.86. The van der Waals surface area contributed by atoms with Gasteiger partial charge in [0.05, 0.1) is 34.7 Å². The SMILES string of the molecule is C=CCCC(=O)N[C@H](C)[C@@H](OC(=O)[C@@H]1[C@H]2O[C@@]3(CC2Br)[C@H](C(=O)N(CC=C)c2ccccc2Cl)N(CCCCCO)C(=O)[C@@H]13)c1ccccc1. The summed E-state index contributed by atoms with van der Waals surface area (Å²) in [5.74, 6) is -3.57. The van der Waals surface area contributed by atoms with Crippen molar-refractivity contribution in [3.05, 3.63) is 90.5 Å². The predicted molar refractivity (Wildman–Crippen MR) is 195 cm³/mol. The van der Waals surface area contributed by atoms with Gasteiger partial charge in [-0.25, -0.2) is 0 Å². The topological polar surface area (TPSA) is 125 Å². The van der Waals surface area contributed by atoms with E-state index in [4.69, 9.17) is 21.1 Å². The first-order valence-electron chi connectivity index (χ1n) is 17.1. The van der Waals surface area contributed by atoms with E-state index in [2.05, 4.69) is 34.4 Å². The summed E-state index contributed by atoms with van der Waals surface area (Å²) >= 11 is 10.3. The number of amides is 3. The van der Waals surface area contributed by atoms with Gasteiger partial charge >= 0.3 is 5.97 Å². The van der Waals surface area contributed by atoms with Gasteiger partial charge < -0.3 is 29.7 Å². The summed E-state index contributed by atoms with van der Waals surface area (Å²) in [4.78, 5) is 59.2. The van der Waals surface area contributed by atoms with Gasteiger partial charge in [0, 0.05) is 30.9 Å². The Hall–Kier alpha value is -3.51. The molecule has 2 bridgehead atoms. The van der Waals surface area contributed by atoms with Crippen LogP contribution in [0.25, 0.3) is 0 Å². The average molecular weight is 771 g/mol. The molecule has 0 radical (unpaired) electrons. The van der Waals surface area contributed by atoms with Crippen LogP contribution in [0.2, 0.25) is 5.02 Å². The highest BCUT2D eigenvalue weighted by atomic mass is 79.9. The van der Waals surface area contributed by atoms with Crippen LogP contribution >= 0.6 is 27.5 Å². The second-order valence-corrected chi connectivity index (χ2v) is 14.7. The lowest BCUT2D eigenvalue weighted by Crippen LogP contribution is -2.57. The van der Waals surface area contributed by atoms with Crippen molar-refractivity contribution in [2.24, 2.45) is 11.8 Å². The van der Waals surface area contributed by atoms with Gasteiger partial charge in [-0.3, -0.25) is 19.2 Å². The van der Waals surface area contributed by atoms with Crippen LogP contribution < -0.4 is 10.2 Å². The molecule has 3 aliphatic heterocycles. The number of carbonyl (C=O) groups is 4. The van der Waals surface area contributed by atoms with Crippen molar-refractivity contribution in [2.75, 3.05) is 24.6 Å². The van der Waals surface area contributed by atoms with E-state index in [0.29, 0.717) is 48.4 Å². The number of nitrogens with zero attached hydrogens (tertiary/aromatic N) is 2. The highest BCUT2D eigenvalue weighted by Gasteiger charge is 2.77. The van der Waals surface area contributed by atoms with Crippen molar-refractivity contribution >= 4 is 56.9 Å². The number of halogens is 2. The number of aliphatic hydroxyl groups excluding tert-OH is 1. The second kappa shape index (κ2) is 16.7. The highest BCUT2D eigenvalue weighted by molar-refractivity contribution is 9.09. The Labute approximate surface area is 306 Å². The predicted octanol–water partition coefficient (Wildman–Crippen LogP) is 5.53. The number of para-hydroxylation sites is 1. The normalized spacial score (nSPS) is 26.2. The molecular formula is C38H45BrClN3O7. The summed E-state index contributed by atoms with van der Waals surface area (Å²) in [5, 5.41) is 12.7. The molecule has 3 amide bonds. The van der Waals surface area contributed by atoms with E-state index in [9.17, 15) is 24.3 Å². The molecule has 1 unspecified atom stereocenters. The summed E-state index contributed by atoms with van der Waals surface area (Å²) < 4.78 is 13.0. The van der Waals surface area contributed by atoms with Crippen molar-refractivity contribution < 1.29 is 33.8 Å². The number of fused-ring (bicyclic) bond motifs is 1. The van der Waals surface area contributed by atoms with Gasteiger partial charge in [0.2, 0.25) is 11.8 Å². The third-order valence-corrected chi connectivity index (χ3v) is 11.0. The van der Waals surface area contributed by atoms with Crippen LogP contribution in [0.4, 0.5) is 5.69 Å². The largest absolute Gasteiger partial charge is 0.455 e. The number of hydrogen-bond donors (Lipinski definition) is 2. The van der Waals surface area contributed by atoms with Gasteiger partial charge in [-0.2, -0.15) is 0 Å². The Morgan fingerprint density at radius 3 is 2.54 bits per heavy atom. The third kappa shape index (κ3) is 7.42. The smallest absolute Gasteiger partial charge is 0.313 e. The van der Waals surface area contributed by atoms with E-state index in [0.717, 1.165) is 0 Å². The molecule has 2 aromatic rings. The molecule has 268 valence electrons. The summed E-state index contributed by atoms with van der Waals surface area (Å²) in [6.45, 7) is 9.69. The van der Waals surface area contributed by atoms with Crippen LogP contribution in [0.3, 0.4) is 0 Å². The van der Waals surface area contributed by atoms with Gasteiger partial charge in [-0.15, -0.1) is 13.2 Å². The zero-order valence-electron chi connectivity index (χ0n) is 28.2. The van der Waals surface area contributed by atoms with Gasteiger partial charge in [0.25, 0.3) is 5.91 Å². The molecule has 2 N–H and O–H groups in total. The molecule has 12 heteroatoms. The standard InChI is InChI=1S/C38H45BrClN3O7/c1-4-6-19-29(45)41-24(3)32(25-15-9-7-10-16-25)49-37(48)30-31-35(46)43(21-13-8-14-22-44)34(38(31)23-26(39)33(30)50-38)36(47)42(20-5-2)28-18-12-11-17-27(28)40/h4-5,7,9-12,15-18,24,26,30-34,44H,1-2,6,8,13-14,19-23H2,3H3,(H,41,45)/t24-,26?,30+,31-,32-,33+,34+,38-/m1/s1. The number of esters is 1. The van der Waals surface area contributed by atoms with Crippen LogP contribution in [0.15, 0.2) is 79.9 Å². The van der Waals surface area contributed by atoms with Crippen molar-refractivity contribution in [2.45, 2.75) is 80.2 Å². The molecule has 5 rings (SSSR count). The average Bonchev–Trinajstić information content (AvgIpc) is 3.70. The molecular weight excluding hydrogens is 726 g/mol. The molecule has 0 aliphatic carbocycles. The molecule has 3 fully saturated rings. The van der Waals surface area contributed by atoms with Crippen molar-refractivity contribution in [1.29, 1.82) is 0 Å². The maximum absolute atomic E-state index is 14.8. The number of anilines is 1. The number of allylic oxidation sites excluding steroid dienone is 1. The maximum atomic E-state index is 14.8. The summed E-state index contributed by atoms with van der Waals surface area (Å²) in [6.07, 6.45) is 4.49. The number of carbonyl (C=O) groups excluding carboxylic acids is 4. The fraction of sp³-hybridized carbons (Fsp3) is 0.474. The highest BCUT2D eigenvalue weighted by Crippen LogP contribution is 2.60. The minimum Gasteiger partial charge on any atom is -0.455 e. The van der Waals surface area contributed by atoms with E-state index >= 15 is 0 Å². The lowest BCUT2D eigenvalue weighted by Gasteiger charge is -2.37. The van der Waals surface area contributed by atoms with E-state index in [1.165, 1.54) is 4.90 Å². The Bertz CT molecular complexity index is 1580. The molecule has 8 atom stereocenters. The number of nitrogens with one attached hydrogen (secondary N) is 1. The van der Waals surface area contributed by atoms with Crippen LogP contribution in [-0.2, 0) is 28.7 Å². The summed E-state index contributed by atoms with van der Waals surface area (Å²) in [5.41, 5.74) is -0.163. The molecule has 50 heavy (non-hydrogen) atoms. The Morgan fingerprint density at radius 1 is 1.14 bits per heavy atom. The van der Waals surface area contributed by atoms with Crippen molar-refractivity contribution in [3.8, 4) is 0 Å².